The second-order valence-electron chi connectivity index (χ2n) is 5.82. The lowest BCUT2D eigenvalue weighted by atomic mass is 9.80. The molecule has 22 heavy (non-hydrogen) atoms. The van der Waals surface area contributed by atoms with Gasteiger partial charge in [-0.05, 0) is 36.1 Å². The van der Waals surface area contributed by atoms with Crippen molar-refractivity contribution in [3.8, 4) is 0 Å². The first kappa shape index (κ1) is 14.6. The standard InChI is InChI=1S/C20H21NO/c1-2-21-14-13-18(20(21)22)19(17-11-7-4-8-12-17)15-16-9-5-3-6-10-16/h2-12,18-19H,1,13-15H2. The lowest BCUT2D eigenvalue weighted by Gasteiger charge is -2.23. The summed E-state index contributed by atoms with van der Waals surface area (Å²) in [4.78, 5) is 14.4. The molecular formula is C20H21NO. The van der Waals surface area contributed by atoms with Gasteiger partial charge in [-0.2, -0.15) is 0 Å². The van der Waals surface area contributed by atoms with Crippen LogP contribution in [0.2, 0.25) is 0 Å². The molecule has 1 aliphatic heterocycles. The Morgan fingerprint density at radius 2 is 1.73 bits per heavy atom. The Morgan fingerprint density at radius 1 is 1.09 bits per heavy atom. The molecule has 1 fully saturated rings. The summed E-state index contributed by atoms with van der Waals surface area (Å²) in [5.41, 5.74) is 2.52. The van der Waals surface area contributed by atoms with E-state index in [1.54, 1.807) is 11.1 Å². The van der Waals surface area contributed by atoms with E-state index in [9.17, 15) is 4.79 Å². The normalized spacial score (nSPS) is 19.2. The van der Waals surface area contributed by atoms with Crippen molar-refractivity contribution in [2.45, 2.75) is 18.8 Å². The van der Waals surface area contributed by atoms with E-state index < -0.39 is 0 Å². The summed E-state index contributed by atoms with van der Waals surface area (Å²) in [7, 11) is 0. The number of nitrogens with zero attached hydrogens (tertiary/aromatic N) is 1. The van der Waals surface area contributed by atoms with Crippen LogP contribution in [0, 0.1) is 5.92 Å². The molecule has 0 radical (unpaired) electrons. The van der Waals surface area contributed by atoms with Gasteiger partial charge in [0.1, 0.15) is 0 Å². The third-order valence-electron chi connectivity index (χ3n) is 4.51. The second kappa shape index (κ2) is 6.61. The van der Waals surface area contributed by atoms with Crippen LogP contribution in [0.15, 0.2) is 73.4 Å². The molecule has 3 rings (SSSR count). The van der Waals surface area contributed by atoms with Crippen LogP contribution in [0.1, 0.15) is 23.5 Å². The highest BCUT2D eigenvalue weighted by Gasteiger charge is 2.36. The Balaban J connectivity index is 1.90. The predicted octanol–water partition coefficient (Wildman–Crippen LogP) is 4.00. The fraction of sp³-hybridized carbons (Fsp3) is 0.250. The first-order valence-corrected chi connectivity index (χ1v) is 7.81. The van der Waals surface area contributed by atoms with Gasteiger partial charge in [0.2, 0.25) is 5.91 Å². The lowest BCUT2D eigenvalue weighted by molar-refractivity contribution is -0.129. The fourth-order valence-electron chi connectivity index (χ4n) is 3.34. The van der Waals surface area contributed by atoms with Crippen molar-refractivity contribution in [3.05, 3.63) is 84.6 Å². The molecule has 2 heteroatoms. The van der Waals surface area contributed by atoms with Crippen molar-refractivity contribution in [1.82, 2.24) is 4.90 Å². The molecule has 2 unspecified atom stereocenters. The maximum absolute atomic E-state index is 12.6. The zero-order valence-electron chi connectivity index (χ0n) is 12.7. The number of amides is 1. The smallest absolute Gasteiger partial charge is 0.230 e. The zero-order chi connectivity index (χ0) is 15.4. The summed E-state index contributed by atoms with van der Waals surface area (Å²) < 4.78 is 0. The van der Waals surface area contributed by atoms with Crippen molar-refractivity contribution < 1.29 is 4.79 Å². The summed E-state index contributed by atoms with van der Waals surface area (Å²) in [6.45, 7) is 4.53. The molecule has 0 N–H and O–H groups in total. The highest BCUT2D eigenvalue weighted by Crippen LogP contribution is 2.35. The van der Waals surface area contributed by atoms with E-state index in [2.05, 4.69) is 55.1 Å². The molecule has 1 amide bonds. The number of carbonyl (C=O) groups is 1. The molecule has 1 heterocycles. The topological polar surface area (TPSA) is 20.3 Å². The number of carbonyl (C=O) groups excluding carboxylic acids is 1. The molecule has 2 aromatic carbocycles. The van der Waals surface area contributed by atoms with Crippen molar-refractivity contribution >= 4 is 5.91 Å². The Kier molecular flexibility index (Phi) is 4.38. The molecule has 1 saturated heterocycles. The number of hydrogen-bond acceptors (Lipinski definition) is 1. The number of benzene rings is 2. The molecule has 0 spiro atoms. The van der Waals surface area contributed by atoms with Crippen LogP contribution in [0.5, 0.6) is 0 Å². The summed E-state index contributed by atoms with van der Waals surface area (Å²) in [5, 5.41) is 0. The average Bonchev–Trinajstić information content (AvgIpc) is 2.95. The molecule has 0 bridgehead atoms. The van der Waals surface area contributed by atoms with Crippen LogP contribution < -0.4 is 0 Å². The van der Waals surface area contributed by atoms with Gasteiger partial charge in [0, 0.05) is 12.5 Å². The number of hydrogen-bond donors (Lipinski definition) is 0. The monoisotopic (exact) mass is 291 g/mol. The minimum Gasteiger partial charge on any atom is -0.319 e. The Hall–Kier alpha value is -2.35. The van der Waals surface area contributed by atoms with Crippen molar-refractivity contribution in [1.29, 1.82) is 0 Å². The van der Waals surface area contributed by atoms with Gasteiger partial charge >= 0.3 is 0 Å². The molecule has 0 saturated carbocycles. The van der Waals surface area contributed by atoms with E-state index in [0.29, 0.717) is 0 Å². The van der Waals surface area contributed by atoms with Crippen LogP contribution in [-0.4, -0.2) is 17.4 Å². The predicted molar refractivity (Wildman–Crippen MR) is 89.3 cm³/mol. The van der Waals surface area contributed by atoms with E-state index in [1.165, 1.54) is 11.1 Å². The SMILES string of the molecule is C=CN1CCC(C(Cc2ccccc2)c2ccccc2)C1=O. The second-order valence-corrected chi connectivity index (χ2v) is 5.82. The third kappa shape index (κ3) is 2.96. The highest BCUT2D eigenvalue weighted by molar-refractivity contribution is 5.82. The van der Waals surface area contributed by atoms with Crippen molar-refractivity contribution in [2.24, 2.45) is 5.92 Å². The van der Waals surface area contributed by atoms with E-state index in [4.69, 9.17) is 0 Å². The van der Waals surface area contributed by atoms with Crippen LogP contribution >= 0.6 is 0 Å². The number of rotatable bonds is 5. The lowest BCUT2D eigenvalue weighted by Crippen LogP contribution is -2.26. The fourth-order valence-corrected chi connectivity index (χ4v) is 3.34. The quantitative estimate of drug-likeness (QED) is 0.815. The molecular weight excluding hydrogens is 270 g/mol. The van der Waals surface area contributed by atoms with Gasteiger partial charge in [-0.25, -0.2) is 0 Å². The molecule has 0 aliphatic carbocycles. The van der Waals surface area contributed by atoms with Gasteiger partial charge < -0.3 is 4.90 Å². The first-order valence-electron chi connectivity index (χ1n) is 7.81. The van der Waals surface area contributed by atoms with Gasteiger partial charge in [0.15, 0.2) is 0 Å². The van der Waals surface area contributed by atoms with Crippen LogP contribution in [-0.2, 0) is 11.2 Å². The van der Waals surface area contributed by atoms with E-state index in [1.807, 2.05) is 12.1 Å². The number of likely N-dealkylation sites (tertiary alicyclic amines) is 1. The molecule has 1 aliphatic rings. The summed E-state index contributed by atoms with van der Waals surface area (Å²) in [5.74, 6) is 0.474. The van der Waals surface area contributed by atoms with Crippen LogP contribution in [0.3, 0.4) is 0 Å². The molecule has 2 atom stereocenters. The summed E-state index contributed by atoms with van der Waals surface area (Å²) in [6.07, 6.45) is 3.45. The molecule has 2 aromatic rings. The minimum absolute atomic E-state index is 0.0422. The minimum atomic E-state index is 0.0422. The van der Waals surface area contributed by atoms with Gasteiger partial charge in [0.25, 0.3) is 0 Å². The Labute approximate surface area is 132 Å². The van der Waals surface area contributed by atoms with Crippen LogP contribution in [0.4, 0.5) is 0 Å². The van der Waals surface area contributed by atoms with E-state index in [0.717, 1.165) is 19.4 Å². The van der Waals surface area contributed by atoms with Crippen LogP contribution in [0.25, 0.3) is 0 Å². The zero-order valence-corrected chi connectivity index (χ0v) is 12.7. The van der Waals surface area contributed by atoms with Crippen molar-refractivity contribution in [3.63, 3.8) is 0 Å². The van der Waals surface area contributed by atoms with Gasteiger partial charge in [-0.15, -0.1) is 0 Å². The summed E-state index contributed by atoms with van der Waals surface area (Å²) >= 11 is 0. The molecule has 0 aromatic heterocycles. The van der Waals surface area contributed by atoms with Gasteiger partial charge in [-0.1, -0.05) is 67.2 Å². The summed E-state index contributed by atoms with van der Waals surface area (Å²) in [6, 6.07) is 20.8. The molecule has 112 valence electrons. The maximum atomic E-state index is 12.6. The Morgan fingerprint density at radius 3 is 2.32 bits per heavy atom. The third-order valence-corrected chi connectivity index (χ3v) is 4.51. The van der Waals surface area contributed by atoms with Gasteiger partial charge in [0.05, 0.1) is 0 Å². The highest BCUT2D eigenvalue weighted by atomic mass is 16.2. The first-order chi connectivity index (χ1) is 10.8. The van der Waals surface area contributed by atoms with Gasteiger partial charge in [-0.3, -0.25) is 4.79 Å². The van der Waals surface area contributed by atoms with E-state index >= 15 is 0 Å². The Bertz CT molecular complexity index is 635. The van der Waals surface area contributed by atoms with E-state index in [-0.39, 0.29) is 17.7 Å². The average molecular weight is 291 g/mol. The molecule has 2 nitrogen and oxygen atoms in total. The van der Waals surface area contributed by atoms with Crippen molar-refractivity contribution in [2.75, 3.05) is 6.54 Å². The maximum Gasteiger partial charge on any atom is 0.230 e. The largest absolute Gasteiger partial charge is 0.319 e.